The van der Waals surface area contributed by atoms with E-state index in [0.717, 1.165) is 10.0 Å². The van der Waals surface area contributed by atoms with Gasteiger partial charge >= 0.3 is 5.97 Å². The first-order valence-corrected chi connectivity index (χ1v) is 8.27. The number of hydrogen-bond acceptors (Lipinski definition) is 6. The van der Waals surface area contributed by atoms with E-state index >= 15 is 0 Å². The second-order valence-electron chi connectivity index (χ2n) is 5.03. The molecule has 0 amide bonds. The highest BCUT2D eigenvalue weighted by Gasteiger charge is 2.23. The zero-order chi connectivity index (χ0) is 18.4. The Morgan fingerprint density at radius 2 is 1.96 bits per heavy atom. The van der Waals surface area contributed by atoms with Gasteiger partial charge < -0.3 is 14.8 Å². The Morgan fingerprint density at radius 3 is 2.52 bits per heavy atom. The molecule has 7 nitrogen and oxygen atoms in total. The zero-order valence-corrected chi connectivity index (χ0v) is 15.3. The fraction of sp³-hybridized carbons (Fsp3) is 0.235. The second kappa shape index (κ2) is 8.48. The number of methoxy groups -OCH3 is 1. The maximum Gasteiger partial charge on any atom is 0.338 e. The third kappa shape index (κ3) is 4.69. The first-order valence-electron chi connectivity index (χ1n) is 7.48. The molecular weight excluding hydrogens is 392 g/mol. The molecule has 0 spiro atoms. The average Bonchev–Trinajstić information content (AvgIpc) is 2.60. The van der Waals surface area contributed by atoms with Gasteiger partial charge in [-0.25, -0.2) is 4.79 Å². The van der Waals surface area contributed by atoms with Crippen molar-refractivity contribution in [3.8, 4) is 5.75 Å². The summed E-state index contributed by atoms with van der Waals surface area (Å²) in [7, 11) is 1.39. The van der Waals surface area contributed by atoms with Crippen LogP contribution in [0.2, 0.25) is 0 Å². The molecule has 0 saturated heterocycles. The molecule has 0 saturated carbocycles. The minimum absolute atomic E-state index is 0.0691. The molecule has 2 rings (SSSR count). The topological polar surface area (TPSA) is 90.7 Å². The van der Waals surface area contributed by atoms with Crippen LogP contribution in [0.25, 0.3) is 0 Å². The summed E-state index contributed by atoms with van der Waals surface area (Å²) in [5.41, 5.74) is 0.969. The second-order valence-corrected chi connectivity index (χ2v) is 5.95. The van der Waals surface area contributed by atoms with Gasteiger partial charge in [-0.3, -0.25) is 10.1 Å². The molecule has 0 aromatic heterocycles. The molecule has 0 aliphatic heterocycles. The van der Waals surface area contributed by atoms with E-state index in [9.17, 15) is 14.9 Å². The van der Waals surface area contributed by atoms with Crippen molar-refractivity contribution in [1.82, 2.24) is 0 Å². The molecule has 0 fully saturated rings. The first-order chi connectivity index (χ1) is 12.0. The number of anilines is 1. The average molecular weight is 409 g/mol. The molecule has 0 unspecified atom stereocenters. The van der Waals surface area contributed by atoms with Crippen LogP contribution in [0.3, 0.4) is 0 Å². The van der Waals surface area contributed by atoms with Crippen LogP contribution in [0.4, 0.5) is 11.4 Å². The van der Waals surface area contributed by atoms with Crippen LogP contribution >= 0.6 is 15.9 Å². The van der Waals surface area contributed by atoms with E-state index in [2.05, 4.69) is 21.2 Å². The number of nitro groups is 1. The van der Waals surface area contributed by atoms with Crippen molar-refractivity contribution >= 4 is 33.3 Å². The van der Waals surface area contributed by atoms with Crippen LogP contribution in [-0.2, 0) is 11.3 Å². The summed E-state index contributed by atoms with van der Waals surface area (Å²) in [6.07, 6.45) is 0. The monoisotopic (exact) mass is 408 g/mol. The number of hydrogen-bond donors (Lipinski definition) is 1. The predicted molar refractivity (Wildman–Crippen MR) is 97.1 cm³/mol. The predicted octanol–water partition coefficient (Wildman–Crippen LogP) is 4.15. The van der Waals surface area contributed by atoms with Crippen LogP contribution in [-0.4, -0.2) is 24.6 Å². The summed E-state index contributed by atoms with van der Waals surface area (Å²) in [6.45, 7) is 2.21. The van der Waals surface area contributed by atoms with Crippen molar-refractivity contribution in [2.45, 2.75) is 13.5 Å². The van der Waals surface area contributed by atoms with Gasteiger partial charge in [-0.15, -0.1) is 0 Å². The van der Waals surface area contributed by atoms with Crippen molar-refractivity contribution in [1.29, 1.82) is 0 Å². The van der Waals surface area contributed by atoms with Gasteiger partial charge in [-0.2, -0.15) is 0 Å². The van der Waals surface area contributed by atoms with Gasteiger partial charge in [0.25, 0.3) is 5.69 Å². The number of esters is 1. The molecule has 8 heteroatoms. The summed E-state index contributed by atoms with van der Waals surface area (Å²) in [5.74, 6) is -0.433. The molecule has 0 bridgehead atoms. The lowest BCUT2D eigenvalue weighted by atomic mass is 10.1. The molecule has 0 aliphatic carbocycles. The van der Waals surface area contributed by atoms with E-state index in [1.807, 2.05) is 24.3 Å². The van der Waals surface area contributed by atoms with E-state index in [1.54, 1.807) is 6.92 Å². The largest absolute Gasteiger partial charge is 0.494 e. The SMILES string of the molecule is CCOC(=O)c1cc(OC)c(NCc2ccc(Br)cc2)c([N+](=O)[O-])c1. The molecule has 0 atom stereocenters. The minimum atomic E-state index is -0.636. The third-order valence-electron chi connectivity index (χ3n) is 3.39. The molecule has 2 aromatic rings. The van der Waals surface area contributed by atoms with Gasteiger partial charge in [0.2, 0.25) is 0 Å². The maximum atomic E-state index is 11.9. The first kappa shape index (κ1) is 18.7. The number of nitrogens with one attached hydrogen (secondary N) is 1. The number of nitro benzene ring substituents is 1. The van der Waals surface area contributed by atoms with E-state index in [0.29, 0.717) is 6.54 Å². The van der Waals surface area contributed by atoms with Gasteiger partial charge in [0.05, 0.1) is 24.2 Å². The highest BCUT2D eigenvalue weighted by atomic mass is 79.9. The Labute approximate surface area is 153 Å². The van der Waals surface area contributed by atoms with Crippen molar-refractivity contribution in [3.05, 3.63) is 62.1 Å². The molecule has 25 heavy (non-hydrogen) atoms. The Balaban J connectivity index is 2.36. The van der Waals surface area contributed by atoms with Gasteiger partial charge in [-0.05, 0) is 30.7 Å². The minimum Gasteiger partial charge on any atom is -0.494 e. The van der Waals surface area contributed by atoms with Crippen LogP contribution < -0.4 is 10.1 Å². The summed E-state index contributed by atoms with van der Waals surface area (Å²) >= 11 is 3.36. The van der Waals surface area contributed by atoms with Crippen molar-refractivity contribution in [2.75, 3.05) is 19.0 Å². The van der Waals surface area contributed by atoms with Crippen molar-refractivity contribution in [2.24, 2.45) is 0 Å². The third-order valence-corrected chi connectivity index (χ3v) is 3.92. The summed E-state index contributed by atoms with van der Waals surface area (Å²) in [6, 6.07) is 10.2. The summed E-state index contributed by atoms with van der Waals surface area (Å²) in [4.78, 5) is 22.8. The van der Waals surface area contributed by atoms with Crippen molar-refractivity contribution < 1.29 is 19.2 Å². The molecule has 132 valence electrons. The number of rotatable bonds is 7. The van der Waals surface area contributed by atoms with Crippen LogP contribution in [0.1, 0.15) is 22.8 Å². The summed E-state index contributed by atoms with van der Waals surface area (Å²) < 4.78 is 11.1. The Kier molecular flexibility index (Phi) is 6.35. The molecule has 2 aromatic carbocycles. The normalized spacial score (nSPS) is 10.2. The standard InChI is InChI=1S/C17H17BrN2O5/c1-3-25-17(21)12-8-14(20(22)23)16(15(9-12)24-2)19-10-11-4-6-13(18)7-5-11/h4-9,19H,3,10H2,1-2H3. The number of carbonyl (C=O) groups is 1. The van der Waals surface area contributed by atoms with Gasteiger partial charge in [0.15, 0.2) is 5.69 Å². The smallest absolute Gasteiger partial charge is 0.338 e. The van der Waals surface area contributed by atoms with Crippen LogP contribution in [0.5, 0.6) is 5.75 Å². The van der Waals surface area contributed by atoms with E-state index < -0.39 is 10.9 Å². The lowest BCUT2D eigenvalue weighted by molar-refractivity contribution is -0.384. The maximum absolute atomic E-state index is 11.9. The van der Waals surface area contributed by atoms with Gasteiger partial charge in [-0.1, -0.05) is 28.1 Å². The van der Waals surface area contributed by atoms with E-state index in [1.165, 1.54) is 19.2 Å². The zero-order valence-electron chi connectivity index (χ0n) is 13.7. The molecular formula is C17H17BrN2O5. The van der Waals surface area contributed by atoms with Gasteiger partial charge in [0, 0.05) is 17.1 Å². The lowest BCUT2D eigenvalue weighted by Gasteiger charge is -2.13. The molecule has 0 heterocycles. The highest BCUT2D eigenvalue weighted by Crippen LogP contribution is 2.36. The quantitative estimate of drug-likeness (QED) is 0.420. The molecule has 0 radical (unpaired) electrons. The van der Waals surface area contributed by atoms with Gasteiger partial charge in [0.1, 0.15) is 5.75 Å². The van der Waals surface area contributed by atoms with E-state index in [-0.39, 0.29) is 29.3 Å². The molecule has 0 aliphatic rings. The summed E-state index contributed by atoms with van der Waals surface area (Å²) in [5, 5.41) is 14.4. The highest BCUT2D eigenvalue weighted by molar-refractivity contribution is 9.10. The van der Waals surface area contributed by atoms with E-state index in [4.69, 9.17) is 9.47 Å². The van der Waals surface area contributed by atoms with Crippen LogP contribution in [0.15, 0.2) is 40.9 Å². The number of carbonyl (C=O) groups excluding carboxylic acids is 1. The lowest BCUT2D eigenvalue weighted by Crippen LogP contribution is -2.09. The number of nitrogens with zero attached hydrogens (tertiary/aromatic N) is 1. The molecule has 1 N–H and O–H groups in total. The number of benzene rings is 2. The fourth-order valence-electron chi connectivity index (χ4n) is 2.21. The Morgan fingerprint density at radius 1 is 1.28 bits per heavy atom. The van der Waals surface area contributed by atoms with Crippen molar-refractivity contribution in [3.63, 3.8) is 0 Å². The fourth-order valence-corrected chi connectivity index (χ4v) is 2.47. The van der Waals surface area contributed by atoms with Crippen LogP contribution in [0, 0.1) is 10.1 Å². The number of ether oxygens (including phenoxy) is 2. The number of halogens is 1. The Hall–Kier alpha value is -2.61. The Bertz CT molecular complexity index is 777.